The third-order valence-electron chi connectivity index (χ3n) is 8.87. The number of hydrogen-bond acceptors (Lipinski definition) is 17. The van der Waals surface area contributed by atoms with Gasteiger partial charge in [0.05, 0.1) is 37.9 Å². The molecule has 3 rings (SSSR count). The molecule has 17 heteroatoms. The van der Waals surface area contributed by atoms with Gasteiger partial charge < -0.3 is 81.7 Å². The third-order valence-corrected chi connectivity index (χ3v) is 8.87. The molecule has 0 aromatic heterocycles. The molecule has 3 unspecified atom stereocenters. The molecule has 0 amide bonds. The summed E-state index contributed by atoms with van der Waals surface area (Å²) in [6.45, 7) is 7.38. The van der Waals surface area contributed by atoms with Gasteiger partial charge in [-0.3, -0.25) is 4.90 Å². The first kappa shape index (κ1) is 36.8. The van der Waals surface area contributed by atoms with Crippen LogP contribution in [0.3, 0.4) is 0 Å². The number of aliphatic hydroxyl groups is 8. The van der Waals surface area contributed by atoms with Crippen LogP contribution in [0.25, 0.3) is 0 Å². The molecule has 14 N–H and O–H groups in total. The van der Waals surface area contributed by atoms with E-state index in [2.05, 4.69) is 0 Å². The van der Waals surface area contributed by atoms with E-state index in [-0.39, 0.29) is 12.1 Å². The van der Waals surface area contributed by atoms with Crippen LogP contribution >= 0.6 is 0 Å². The van der Waals surface area contributed by atoms with Crippen LogP contribution < -0.4 is 17.2 Å². The molecule has 16 atom stereocenters. The van der Waals surface area contributed by atoms with E-state index in [1.54, 1.807) is 6.92 Å². The molecular formula is C26H52N4O13. The highest BCUT2D eigenvalue weighted by Crippen LogP contribution is 2.38. The zero-order valence-electron chi connectivity index (χ0n) is 25.2. The average molecular weight is 629 g/mol. The summed E-state index contributed by atoms with van der Waals surface area (Å²) in [5.74, 6) is 0. The molecule has 254 valence electrons. The average Bonchev–Trinajstić information content (AvgIpc) is 2.96. The number of ether oxygens (including phenoxy) is 5. The number of nitrogens with zero attached hydrogens (tertiary/aromatic N) is 1. The van der Waals surface area contributed by atoms with Gasteiger partial charge in [-0.15, -0.1) is 0 Å². The van der Waals surface area contributed by atoms with Gasteiger partial charge in [-0.05, 0) is 34.6 Å². The maximum absolute atomic E-state index is 11.2. The van der Waals surface area contributed by atoms with E-state index in [0.29, 0.717) is 0 Å². The largest absolute Gasteiger partial charge is 0.394 e. The van der Waals surface area contributed by atoms with Crippen molar-refractivity contribution in [1.82, 2.24) is 4.90 Å². The Kier molecular flexibility index (Phi) is 12.7. The molecule has 3 aliphatic rings. The first-order valence-corrected chi connectivity index (χ1v) is 14.6. The molecule has 3 aliphatic heterocycles. The van der Waals surface area contributed by atoms with Crippen LogP contribution in [0.15, 0.2) is 0 Å². The lowest BCUT2D eigenvalue weighted by atomic mass is 9.80. The highest BCUT2D eigenvalue weighted by atomic mass is 16.7. The maximum atomic E-state index is 11.2. The Bertz CT molecular complexity index is 867. The van der Waals surface area contributed by atoms with E-state index in [0.717, 1.165) is 0 Å². The summed E-state index contributed by atoms with van der Waals surface area (Å²) in [6.07, 6.45) is -16.2. The molecule has 0 radical (unpaired) electrons. The van der Waals surface area contributed by atoms with Crippen LogP contribution in [0.1, 0.15) is 34.6 Å². The van der Waals surface area contributed by atoms with E-state index in [4.69, 9.17) is 40.9 Å². The lowest BCUT2D eigenvalue weighted by molar-refractivity contribution is -0.366. The SMILES string of the molecule is CC(C)N(C(C)C)C(C)[C@]1(CO)O[C@H](OC2[C@@H](CO)O[C@@H](OC3[C@@H](CO)O[C@@H](O)[C@H](N)[C@H]3O)[C@H](N)[C@H]2O)[C@H](N)[C@@H](O)[C@@H]1O. The lowest BCUT2D eigenvalue weighted by Gasteiger charge is -2.55. The normalized spacial score (nSPS) is 47.0. The zero-order chi connectivity index (χ0) is 32.5. The molecule has 0 aliphatic carbocycles. The minimum absolute atomic E-state index is 0.0417. The van der Waals surface area contributed by atoms with Gasteiger partial charge in [-0.25, -0.2) is 0 Å². The number of nitrogens with two attached hydrogens (primary N) is 3. The molecule has 3 fully saturated rings. The van der Waals surface area contributed by atoms with Gasteiger partial charge in [0.25, 0.3) is 0 Å². The van der Waals surface area contributed by atoms with Gasteiger partial charge >= 0.3 is 0 Å². The quantitative estimate of drug-likeness (QED) is 0.102. The fourth-order valence-corrected chi connectivity index (χ4v) is 6.45. The van der Waals surface area contributed by atoms with Crippen molar-refractivity contribution in [3.8, 4) is 0 Å². The van der Waals surface area contributed by atoms with Gasteiger partial charge in [-0.1, -0.05) is 0 Å². The van der Waals surface area contributed by atoms with E-state index in [9.17, 15) is 40.9 Å². The van der Waals surface area contributed by atoms with E-state index < -0.39 is 117 Å². The summed E-state index contributed by atoms with van der Waals surface area (Å²) in [5.41, 5.74) is 16.4. The number of hydrogen-bond donors (Lipinski definition) is 11. The molecule has 0 spiro atoms. The van der Waals surface area contributed by atoms with Crippen LogP contribution in [-0.2, 0) is 23.7 Å². The van der Waals surface area contributed by atoms with Gasteiger partial charge in [-0.2, -0.15) is 0 Å². The van der Waals surface area contributed by atoms with Gasteiger partial charge in [0, 0.05) is 18.1 Å². The predicted molar refractivity (Wildman–Crippen MR) is 148 cm³/mol. The van der Waals surface area contributed by atoms with E-state index in [1.165, 1.54) is 0 Å². The maximum Gasteiger partial charge on any atom is 0.176 e. The van der Waals surface area contributed by atoms with E-state index >= 15 is 0 Å². The zero-order valence-corrected chi connectivity index (χ0v) is 25.2. The van der Waals surface area contributed by atoms with Crippen molar-refractivity contribution in [2.24, 2.45) is 17.2 Å². The summed E-state index contributed by atoms with van der Waals surface area (Å²) >= 11 is 0. The highest BCUT2D eigenvalue weighted by Gasteiger charge is 2.59. The molecule has 0 aromatic rings. The van der Waals surface area contributed by atoms with Crippen molar-refractivity contribution in [1.29, 1.82) is 0 Å². The fraction of sp³-hybridized carbons (Fsp3) is 1.00. The molecule has 17 nitrogen and oxygen atoms in total. The smallest absolute Gasteiger partial charge is 0.176 e. The van der Waals surface area contributed by atoms with Gasteiger partial charge in [0.15, 0.2) is 18.9 Å². The monoisotopic (exact) mass is 628 g/mol. The highest BCUT2D eigenvalue weighted by molar-refractivity contribution is 5.08. The first-order valence-electron chi connectivity index (χ1n) is 14.6. The van der Waals surface area contributed by atoms with E-state index in [1.807, 2.05) is 32.6 Å². The summed E-state index contributed by atoms with van der Waals surface area (Å²) < 4.78 is 28.9. The van der Waals surface area contributed by atoms with Crippen LogP contribution in [0.4, 0.5) is 0 Å². The molecule has 0 aromatic carbocycles. The van der Waals surface area contributed by atoms with Gasteiger partial charge in [0.2, 0.25) is 0 Å². The topological polar surface area (TPSA) is 289 Å². The molecule has 3 heterocycles. The lowest BCUT2D eigenvalue weighted by Crippen LogP contribution is -2.75. The second-order valence-electron chi connectivity index (χ2n) is 12.2. The van der Waals surface area contributed by atoms with Crippen molar-refractivity contribution in [2.75, 3.05) is 19.8 Å². The molecule has 0 saturated carbocycles. The first-order chi connectivity index (χ1) is 20.1. The van der Waals surface area contributed by atoms with Crippen molar-refractivity contribution in [2.45, 2.75) is 144 Å². The standard InChI is InChI=1S/C26H52N4O13/c1-9(2)30(10(3)4)11(5)26(8-33)22(37)19(36)16(29)25(43-26)42-21-13(7-32)40-24(15(28)18(21)35)41-20-12(6-31)39-23(38)14(27)17(20)34/h9-25,31-38H,6-8,27-29H2,1-5H3/t11?,12-,13-,14-,15-,16-,17-,18-,19-,20?,21?,22+,23-,24+,25+,26+/m1/s1. The van der Waals surface area contributed by atoms with Crippen molar-refractivity contribution in [3.63, 3.8) is 0 Å². The summed E-state index contributed by atoms with van der Waals surface area (Å²) in [7, 11) is 0. The van der Waals surface area contributed by atoms with Crippen LogP contribution in [0.2, 0.25) is 0 Å². The molecular weight excluding hydrogens is 576 g/mol. The second kappa shape index (κ2) is 14.8. The number of rotatable bonds is 11. The van der Waals surface area contributed by atoms with Gasteiger partial charge in [0.1, 0.15) is 54.4 Å². The molecule has 3 saturated heterocycles. The Morgan fingerprint density at radius 1 is 0.698 bits per heavy atom. The Morgan fingerprint density at radius 3 is 1.65 bits per heavy atom. The Balaban J connectivity index is 1.84. The van der Waals surface area contributed by atoms with Crippen LogP contribution in [0, 0.1) is 0 Å². The minimum atomic E-state index is -1.77. The Hall–Kier alpha value is -0.680. The Labute approximate surface area is 251 Å². The fourth-order valence-electron chi connectivity index (χ4n) is 6.45. The Morgan fingerprint density at radius 2 is 1.16 bits per heavy atom. The van der Waals surface area contributed by atoms with Crippen molar-refractivity contribution < 1.29 is 64.5 Å². The van der Waals surface area contributed by atoms with Crippen molar-refractivity contribution in [3.05, 3.63) is 0 Å². The second-order valence-corrected chi connectivity index (χ2v) is 12.2. The summed E-state index contributed by atoms with van der Waals surface area (Å²) in [6, 6.07) is -4.74. The van der Waals surface area contributed by atoms with Crippen molar-refractivity contribution >= 4 is 0 Å². The van der Waals surface area contributed by atoms with Crippen LogP contribution in [-0.4, -0.2) is 175 Å². The summed E-state index contributed by atoms with van der Waals surface area (Å²) in [4.78, 5) is 1.99. The molecule has 0 bridgehead atoms. The number of aliphatic hydroxyl groups excluding tert-OH is 8. The summed E-state index contributed by atoms with van der Waals surface area (Å²) in [5, 5.41) is 84.1. The molecule has 43 heavy (non-hydrogen) atoms. The minimum Gasteiger partial charge on any atom is -0.394 e. The third kappa shape index (κ3) is 7.03. The predicted octanol–water partition coefficient (Wildman–Crippen LogP) is -5.80. The van der Waals surface area contributed by atoms with Crippen LogP contribution in [0.5, 0.6) is 0 Å².